The molecule has 1 N–H and O–H groups in total. The Kier molecular flexibility index (Phi) is 3.85. The molecule has 1 aromatic heterocycles. The zero-order chi connectivity index (χ0) is 16.4. The van der Waals surface area contributed by atoms with E-state index in [1.807, 2.05) is 41.0 Å². The lowest BCUT2D eigenvalue weighted by atomic mass is 10.0. The van der Waals surface area contributed by atoms with Crippen LogP contribution in [0.3, 0.4) is 0 Å². The maximum absolute atomic E-state index is 5.46. The summed E-state index contributed by atoms with van der Waals surface area (Å²) in [5.41, 5.74) is 5.63. The Bertz CT molecular complexity index is 997. The molecular weight excluding hydrogens is 312 g/mol. The zero-order valence-corrected chi connectivity index (χ0v) is 13.8. The highest BCUT2D eigenvalue weighted by molar-refractivity contribution is 7.71. The fourth-order valence-electron chi connectivity index (χ4n) is 2.80. The summed E-state index contributed by atoms with van der Waals surface area (Å²) in [5.74, 6) is 0. The lowest BCUT2D eigenvalue weighted by Gasteiger charge is -2.03. The van der Waals surface area contributed by atoms with Crippen molar-refractivity contribution in [1.82, 2.24) is 9.55 Å². The number of imidazole rings is 1. The summed E-state index contributed by atoms with van der Waals surface area (Å²) < 4.78 is 2.69. The smallest absolute Gasteiger partial charge is 0.182 e. The zero-order valence-electron chi connectivity index (χ0n) is 13.0. The van der Waals surface area contributed by atoms with E-state index in [9.17, 15) is 0 Å². The molecule has 0 atom stereocenters. The second kappa shape index (κ2) is 6.30. The molecule has 0 amide bonds. The van der Waals surface area contributed by atoms with E-state index in [2.05, 4.69) is 59.7 Å². The molecule has 0 aliphatic heterocycles. The second-order valence-electron chi connectivity index (χ2n) is 5.62. The van der Waals surface area contributed by atoms with Gasteiger partial charge < -0.3 is 4.98 Å². The van der Waals surface area contributed by atoms with Gasteiger partial charge in [-0.25, -0.2) is 0 Å². The number of hydrogen-bond acceptors (Lipinski definition) is 1. The summed E-state index contributed by atoms with van der Waals surface area (Å²) >= 11 is 5.46. The monoisotopic (exact) mass is 328 g/mol. The number of rotatable bonds is 3. The van der Waals surface area contributed by atoms with Crippen LogP contribution < -0.4 is 0 Å². The molecule has 0 aliphatic carbocycles. The van der Waals surface area contributed by atoms with Crippen molar-refractivity contribution in [3.8, 4) is 28.1 Å². The third-order valence-electron chi connectivity index (χ3n) is 4.06. The molecule has 0 saturated carbocycles. The van der Waals surface area contributed by atoms with Crippen molar-refractivity contribution in [3.05, 3.63) is 95.9 Å². The first-order valence-corrected chi connectivity index (χ1v) is 8.25. The van der Waals surface area contributed by atoms with Crippen molar-refractivity contribution in [2.75, 3.05) is 0 Å². The van der Waals surface area contributed by atoms with Crippen molar-refractivity contribution in [1.29, 1.82) is 0 Å². The van der Waals surface area contributed by atoms with Crippen LogP contribution in [-0.2, 0) is 0 Å². The molecule has 3 heteroatoms. The Morgan fingerprint density at radius 2 is 1.17 bits per heavy atom. The average molecular weight is 328 g/mol. The highest BCUT2D eigenvalue weighted by atomic mass is 32.1. The molecule has 0 unspecified atom stereocenters. The molecule has 1 heterocycles. The van der Waals surface area contributed by atoms with Gasteiger partial charge in [-0.2, -0.15) is 0 Å². The molecule has 4 rings (SSSR count). The number of aromatic amines is 1. The molecule has 0 bridgehead atoms. The van der Waals surface area contributed by atoms with Crippen LogP contribution >= 0.6 is 12.2 Å². The van der Waals surface area contributed by atoms with E-state index < -0.39 is 0 Å². The third kappa shape index (κ3) is 2.82. The first-order valence-electron chi connectivity index (χ1n) is 7.84. The number of benzene rings is 3. The molecular formula is C21H16N2S. The molecule has 116 valence electrons. The van der Waals surface area contributed by atoms with Gasteiger partial charge in [0.2, 0.25) is 0 Å². The van der Waals surface area contributed by atoms with Gasteiger partial charge in [0, 0.05) is 11.9 Å². The third-order valence-corrected chi connectivity index (χ3v) is 4.35. The largest absolute Gasteiger partial charge is 0.330 e. The molecule has 2 nitrogen and oxygen atoms in total. The summed E-state index contributed by atoms with van der Waals surface area (Å²) in [7, 11) is 0. The summed E-state index contributed by atoms with van der Waals surface area (Å²) in [6.45, 7) is 0. The van der Waals surface area contributed by atoms with Crippen LogP contribution in [0.5, 0.6) is 0 Å². The summed E-state index contributed by atoms with van der Waals surface area (Å²) in [6, 6.07) is 29.0. The molecule has 24 heavy (non-hydrogen) atoms. The SMILES string of the molecule is S=c1[nH]c(-c2ccc(-c3ccccc3)cc2)cn1-c1ccccc1. The Balaban J connectivity index is 1.69. The number of hydrogen-bond donors (Lipinski definition) is 1. The normalized spacial score (nSPS) is 10.7. The van der Waals surface area contributed by atoms with Crippen molar-refractivity contribution in [2.45, 2.75) is 0 Å². The minimum absolute atomic E-state index is 0.698. The van der Waals surface area contributed by atoms with Crippen LogP contribution in [0.2, 0.25) is 0 Å². The lowest BCUT2D eigenvalue weighted by molar-refractivity contribution is 1.03. The topological polar surface area (TPSA) is 20.7 Å². The highest BCUT2D eigenvalue weighted by Gasteiger charge is 2.05. The van der Waals surface area contributed by atoms with Crippen LogP contribution in [0.4, 0.5) is 0 Å². The predicted octanol–water partition coefficient (Wildman–Crippen LogP) is 5.87. The van der Waals surface area contributed by atoms with E-state index in [-0.39, 0.29) is 0 Å². The summed E-state index contributed by atoms with van der Waals surface area (Å²) in [6.07, 6.45) is 2.05. The minimum Gasteiger partial charge on any atom is -0.330 e. The van der Waals surface area contributed by atoms with Gasteiger partial charge >= 0.3 is 0 Å². The van der Waals surface area contributed by atoms with Crippen molar-refractivity contribution < 1.29 is 0 Å². The van der Waals surface area contributed by atoms with Crippen LogP contribution in [0.15, 0.2) is 91.1 Å². The molecule has 0 fully saturated rings. The van der Waals surface area contributed by atoms with E-state index in [0.29, 0.717) is 4.77 Å². The maximum Gasteiger partial charge on any atom is 0.182 e. The molecule has 4 aromatic rings. The van der Waals surface area contributed by atoms with Gasteiger partial charge in [0.1, 0.15) is 0 Å². The van der Waals surface area contributed by atoms with Crippen molar-refractivity contribution in [3.63, 3.8) is 0 Å². The van der Waals surface area contributed by atoms with Gasteiger partial charge in [0.05, 0.1) is 5.69 Å². The van der Waals surface area contributed by atoms with Gasteiger partial charge in [0.15, 0.2) is 4.77 Å². The quantitative estimate of drug-likeness (QED) is 0.466. The lowest BCUT2D eigenvalue weighted by Crippen LogP contribution is -1.90. The molecule has 0 radical (unpaired) electrons. The predicted molar refractivity (Wildman–Crippen MR) is 102 cm³/mol. The van der Waals surface area contributed by atoms with Gasteiger partial charge in [-0.3, -0.25) is 4.57 Å². The Hall–Kier alpha value is -2.91. The van der Waals surface area contributed by atoms with Crippen molar-refractivity contribution in [2.24, 2.45) is 0 Å². The van der Waals surface area contributed by atoms with Gasteiger partial charge in [-0.1, -0.05) is 72.8 Å². The average Bonchev–Trinajstić information content (AvgIpc) is 3.05. The second-order valence-corrected chi connectivity index (χ2v) is 6.01. The van der Waals surface area contributed by atoms with E-state index in [1.165, 1.54) is 11.1 Å². The standard InChI is InChI=1S/C21H16N2S/c24-21-22-20(15-23(21)19-9-5-2-6-10-19)18-13-11-17(12-14-18)16-7-3-1-4-8-16/h1-15H,(H,22,24). The number of para-hydroxylation sites is 1. The van der Waals surface area contributed by atoms with Crippen LogP contribution in [0.25, 0.3) is 28.1 Å². The van der Waals surface area contributed by atoms with Gasteiger partial charge in [-0.15, -0.1) is 0 Å². The van der Waals surface area contributed by atoms with Crippen molar-refractivity contribution >= 4 is 12.2 Å². The minimum atomic E-state index is 0.698. The van der Waals surface area contributed by atoms with Crippen LogP contribution in [-0.4, -0.2) is 9.55 Å². The number of nitrogens with zero attached hydrogens (tertiary/aromatic N) is 1. The van der Waals surface area contributed by atoms with E-state index in [1.54, 1.807) is 0 Å². The Labute approximate surface area is 146 Å². The van der Waals surface area contributed by atoms with Crippen LogP contribution in [0.1, 0.15) is 0 Å². The Morgan fingerprint density at radius 1 is 0.625 bits per heavy atom. The van der Waals surface area contributed by atoms with Gasteiger partial charge in [0.25, 0.3) is 0 Å². The van der Waals surface area contributed by atoms with Crippen LogP contribution in [0, 0.1) is 4.77 Å². The number of aromatic nitrogens is 2. The molecule has 0 saturated heterocycles. The molecule has 0 spiro atoms. The van der Waals surface area contributed by atoms with E-state index in [4.69, 9.17) is 12.2 Å². The number of nitrogens with one attached hydrogen (secondary N) is 1. The van der Waals surface area contributed by atoms with E-state index in [0.717, 1.165) is 16.9 Å². The Morgan fingerprint density at radius 3 is 1.83 bits per heavy atom. The highest BCUT2D eigenvalue weighted by Crippen LogP contribution is 2.24. The maximum atomic E-state index is 5.46. The molecule has 0 aliphatic rings. The fraction of sp³-hybridized carbons (Fsp3) is 0. The summed E-state index contributed by atoms with van der Waals surface area (Å²) in [4.78, 5) is 3.30. The summed E-state index contributed by atoms with van der Waals surface area (Å²) in [5, 5.41) is 0. The fourth-order valence-corrected chi connectivity index (χ4v) is 3.06. The van der Waals surface area contributed by atoms with Gasteiger partial charge in [-0.05, 0) is 41.0 Å². The first kappa shape index (κ1) is 14.7. The molecule has 3 aromatic carbocycles. The number of H-pyrrole nitrogens is 1. The first-order chi connectivity index (χ1) is 11.8. The van der Waals surface area contributed by atoms with E-state index >= 15 is 0 Å².